The van der Waals surface area contributed by atoms with E-state index in [1.165, 1.54) is 12.1 Å². The van der Waals surface area contributed by atoms with Crippen molar-refractivity contribution in [1.29, 1.82) is 0 Å². The normalized spacial score (nSPS) is 16.8. The van der Waals surface area contributed by atoms with Crippen LogP contribution in [0.2, 0.25) is 0 Å². The number of fused-ring (bicyclic) bond motifs is 1. The molecule has 2 aromatic heterocycles. The molecule has 1 N–H and O–H groups in total. The summed E-state index contributed by atoms with van der Waals surface area (Å²) in [7, 11) is 0. The first kappa shape index (κ1) is 19.4. The standard InChI is InChI=1S/C23H26FN3O2/c24-19-6-7-21-20(14-19)17(15-25-21)8-12-27-16-18(13-23(27)29)22(28)5-1-2-9-26-10-3-4-11-26/h3-4,6-7,10-11,14-15,18,25H,1-2,5,8-9,12-13,16H2/t18-/m0/s1. The molecule has 0 radical (unpaired) electrons. The number of aromatic nitrogens is 2. The Morgan fingerprint density at radius 1 is 1.17 bits per heavy atom. The van der Waals surface area contributed by atoms with Crippen molar-refractivity contribution < 1.29 is 14.0 Å². The summed E-state index contributed by atoms with van der Waals surface area (Å²) in [4.78, 5) is 29.8. The summed E-state index contributed by atoms with van der Waals surface area (Å²) in [5.41, 5.74) is 1.88. The minimum Gasteiger partial charge on any atom is -0.361 e. The molecule has 0 saturated carbocycles. The summed E-state index contributed by atoms with van der Waals surface area (Å²) in [6.07, 6.45) is 9.23. The zero-order valence-electron chi connectivity index (χ0n) is 16.4. The highest BCUT2D eigenvalue weighted by Gasteiger charge is 2.33. The monoisotopic (exact) mass is 395 g/mol. The number of amides is 1. The number of likely N-dealkylation sites (tertiary alicyclic amines) is 1. The number of unbranched alkanes of at least 4 members (excludes halogenated alkanes) is 1. The number of benzene rings is 1. The Bertz CT molecular complexity index is 993. The predicted octanol–water partition coefficient (Wildman–Crippen LogP) is 3.94. The van der Waals surface area contributed by atoms with Gasteiger partial charge < -0.3 is 14.5 Å². The van der Waals surface area contributed by atoms with Crippen LogP contribution >= 0.6 is 0 Å². The number of hydrogen-bond acceptors (Lipinski definition) is 2. The first-order valence-electron chi connectivity index (χ1n) is 10.3. The van der Waals surface area contributed by atoms with Crippen LogP contribution in [0.4, 0.5) is 4.39 Å². The summed E-state index contributed by atoms with van der Waals surface area (Å²) < 4.78 is 15.6. The van der Waals surface area contributed by atoms with Crippen molar-refractivity contribution in [2.75, 3.05) is 13.1 Å². The Morgan fingerprint density at radius 2 is 2.00 bits per heavy atom. The van der Waals surface area contributed by atoms with Gasteiger partial charge in [-0.2, -0.15) is 0 Å². The lowest BCUT2D eigenvalue weighted by Gasteiger charge is -2.16. The van der Waals surface area contributed by atoms with Gasteiger partial charge in [0.25, 0.3) is 0 Å². The first-order valence-corrected chi connectivity index (χ1v) is 10.3. The maximum absolute atomic E-state index is 13.5. The SMILES string of the molecule is O=C(CCCCn1cccc1)[C@H]1CC(=O)N(CCc2c[nH]c3ccc(F)cc23)C1. The molecule has 3 aromatic rings. The number of rotatable bonds is 9. The average Bonchev–Trinajstić information content (AvgIpc) is 3.44. The van der Waals surface area contributed by atoms with Crippen LogP contribution in [-0.4, -0.2) is 39.2 Å². The minimum absolute atomic E-state index is 0.0433. The fourth-order valence-electron chi connectivity index (χ4n) is 4.13. The van der Waals surface area contributed by atoms with E-state index in [1.54, 1.807) is 11.0 Å². The fourth-order valence-corrected chi connectivity index (χ4v) is 4.13. The molecular weight excluding hydrogens is 369 g/mol. The summed E-state index contributed by atoms with van der Waals surface area (Å²) in [5.74, 6) is -0.211. The molecule has 1 saturated heterocycles. The van der Waals surface area contributed by atoms with E-state index in [1.807, 2.05) is 30.7 Å². The number of Topliss-reactive ketones (excluding diaryl/α,β-unsaturated/α-hetero) is 1. The van der Waals surface area contributed by atoms with Crippen LogP contribution < -0.4 is 0 Å². The van der Waals surface area contributed by atoms with Gasteiger partial charge in [0.1, 0.15) is 11.6 Å². The quantitative estimate of drug-likeness (QED) is 0.558. The van der Waals surface area contributed by atoms with Gasteiger partial charge in [-0.15, -0.1) is 0 Å². The molecule has 29 heavy (non-hydrogen) atoms. The number of carbonyl (C=O) groups is 2. The van der Waals surface area contributed by atoms with Gasteiger partial charge in [0, 0.05) is 67.9 Å². The highest BCUT2D eigenvalue weighted by atomic mass is 19.1. The summed E-state index contributed by atoms with van der Waals surface area (Å²) in [5, 5.41) is 0.854. The maximum atomic E-state index is 13.5. The molecule has 152 valence electrons. The number of H-pyrrole nitrogens is 1. The van der Waals surface area contributed by atoms with Crippen LogP contribution in [0.1, 0.15) is 31.2 Å². The highest BCUT2D eigenvalue weighted by molar-refractivity contribution is 5.90. The highest BCUT2D eigenvalue weighted by Crippen LogP contribution is 2.24. The Morgan fingerprint density at radius 3 is 2.83 bits per heavy atom. The Labute approximate surface area is 169 Å². The minimum atomic E-state index is -0.266. The van der Waals surface area contributed by atoms with Crippen molar-refractivity contribution in [3.8, 4) is 0 Å². The van der Waals surface area contributed by atoms with Crippen LogP contribution in [0.3, 0.4) is 0 Å². The van der Waals surface area contributed by atoms with E-state index in [0.29, 0.717) is 32.4 Å². The molecule has 1 atom stereocenters. The zero-order chi connectivity index (χ0) is 20.2. The van der Waals surface area contributed by atoms with Gasteiger partial charge >= 0.3 is 0 Å². The second-order valence-corrected chi connectivity index (χ2v) is 7.84. The molecule has 0 aliphatic carbocycles. The molecule has 5 nitrogen and oxygen atoms in total. The predicted molar refractivity (Wildman–Crippen MR) is 110 cm³/mol. The lowest BCUT2D eigenvalue weighted by Crippen LogP contribution is -2.28. The molecule has 1 fully saturated rings. The van der Waals surface area contributed by atoms with Crippen LogP contribution in [0, 0.1) is 11.7 Å². The molecule has 1 aromatic carbocycles. The Kier molecular flexibility index (Phi) is 5.79. The van der Waals surface area contributed by atoms with E-state index in [9.17, 15) is 14.0 Å². The molecular formula is C23H26FN3O2. The van der Waals surface area contributed by atoms with Crippen LogP contribution in [-0.2, 0) is 22.6 Å². The van der Waals surface area contributed by atoms with Gasteiger partial charge in [-0.25, -0.2) is 4.39 Å². The van der Waals surface area contributed by atoms with Gasteiger partial charge in [0.05, 0.1) is 0 Å². The van der Waals surface area contributed by atoms with Crippen LogP contribution in [0.25, 0.3) is 10.9 Å². The third kappa shape index (κ3) is 4.58. The summed E-state index contributed by atoms with van der Waals surface area (Å²) >= 11 is 0. The van der Waals surface area contributed by atoms with Gasteiger partial charge in [0.15, 0.2) is 0 Å². The molecule has 1 aliphatic heterocycles. The lowest BCUT2D eigenvalue weighted by atomic mass is 9.98. The molecule has 0 bridgehead atoms. The topological polar surface area (TPSA) is 58.1 Å². The largest absolute Gasteiger partial charge is 0.361 e. The molecule has 1 aliphatic rings. The van der Waals surface area contributed by atoms with Crippen molar-refractivity contribution >= 4 is 22.6 Å². The van der Waals surface area contributed by atoms with Crippen LogP contribution in [0.15, 0.2) is 48.9 Å². The number of ketones is 1. The Hall–Kier alpha value is -2.89. The van der Waals surface area contributed by atoms with Gasteiger partial charge in [-0.3, -0.25) is 9.59 Å². The number of aryl methyl sites for hydroxylation is 1. The fraction of sp³-hybridized carbons (Fsp3) is 0.391. The number of nitrogens with zero attached hydrogens (tertiary/aromatic N) is 2. The van der Waals surface area contributed by atoms with Crippen LogP contribution in [0.5, 0.6) is 0 Å². The second kappa shape index (κ2) is 8.64. The van der Waals surface area contributed by atoms with E-state index < -0.39 is 0 Å². The summed E-state index contributed by atoms with van der Waals surface area (Å²) in [6, 6.07) is 8.67. The van der Waals surface area contributed by atoms with E-state index in [2.05, 4.69) is 9.55 Å². The first-order chi connectivity index (χ1) is 14.1. The van der Waals surface area contributed by atoms with E-state index in [4.69, 9.17) is 0 Å². The van der Waals surface area contributed by atoms with Crippen molar-refractivity contribution in [3.05, 3.63) is 60.3 Å². The smallest absolute Gasteiger partial charge is 0.223 e. The van der Waals surface area contributed by atoms with Crippen molar-refractivity contribution in [2.45, 2.75) is 38.6 Å². The zero-order valence-corrected chi connectivity index (χ0v) is 16.4. The third-order valence-corrected chi connectivity index (χ3v) is 5.81. The maximum Gasteiger partial charge on any atom is 0.223 e. The average molecular weight is 395 g/mol. The van der Waals surface area contributed by atoms with Gasteiger partial charge in [-0.1, -0.05) is 0 Å². The van der Waals surface area contributed by atoms with E-state index in [0.717, 1.165) is 35.9 Å². The van der Waals surface area contributed by atoms with Crippen molar-refractivity contribution in [2.24, 2.45) is 5.92 Å². The van der Waals surface area contributed by atoms with Crippen molar-refractivity contribution in [3.63, 3.8) is 0 Å². The third-order valence-electron chi connectivity index (χ3n) is 5.81. The van der Waals surface area contributed by atoms with Gasteiger partial charge in [0.2, 0.25) is 5.91 Å². The number of hydrogen-bond donors (Lipinski definition) is 1. The number of aromatic amines is 1. The molecule has 1 amide bonds. The number of carbonyl (C=O) groups excluding carboxylic acids is 2. The molecule has 3 heterocycles. The summed E-state index contributed by atoms with van der Waals surface area (Å²) in [6.45, 7) is 1.98. The second-order valence-electron chi connectivity index (χ2n) is 7.84. The van der Waals surface area contributed by atoms with Gasteiger partial charge in [-0.05, 0) is 55.2 Å². The Balaban J connectivity index is 1.25. The molecule has 0 unspecified atom stereocenters. The number of nitrogens with one attached hydrogen (secondary N) is 1. The van der Waals surface area contributed by atoms with E-state index in [-0.39, 0.29) is 23.4 Å². The lowest BCUT2D eigenvalue weighted by molar-refractivity contribution is -0.128. The molecule has 0 spiro atoms. The van der Waals surface area contributed by atoms with Crippen molar-refractivity contribution in [1.82, 2.24) is 14.5 Å². The molecule has 4 rings (SSSR count). The number of halogens is 1. The van der Waals surface area contributed by atoms with E-state index >= 15 is 0 Å². The molecule has 6 heteroatoms.